The maximum absolute atomic E-state index is 10.3. The Kier molecular flexibility index (Phi) is 3.79. The minimum Gasteiger partial charge on any atom is -0.507 e. The van der Waals surface area contributed by atoms with E-state index >= 15 is 0 Å². The van der Waals surface area contributed by atoms with Gasteiger partial charge in [-0.05, 0) is 37.5 Å². The average molecular weight is 298 g/mol. The summed E-state index contributed by atoms with van der Waals surface area (Å²) in [7, 11) is 0. The van der Waals surface area contributed by atoms with Gasteiger partial charge in [0.15, 0.2) is 0 Å². The molecule has 3 heteroatoms. The van der Waals surface area contributed by atoms with E-state index in [1.165, 1.54) is 19.3 Å². The molecule has 1 aromatic rings. The number of aryl methyl sites for hydroxylation is 1. The van der Waals surface area contributed by atoms with Gasteiger partial charge in [0.2, 0.25) is 0 Å². The normalized spacial score (nSPS) is 19.2. The molecule has 2 rings (SSSR count). The van der Waals surface area contributed by atoms with Gasteiger partial charge < -0.3 is 10.8 Å². The summed E-state index contributed by atoms with van der Waals surface area (Å²) in [4.78, 5) is 0. The number of halogens is 1. The molecule has 0 atom stereocenters. The van der Waals surface area contributed by atoms with E-state index in [1.54, 1.807) is 0 Å². The number of nitrogens with two attached hydrogens (primary N) is 1. The number of hydrogen-bond donors (Lipinski definition) is 2. The SMILES string of the molecule is Cc1cc(Br)cc(C2(CN)CCCCC2)c1O. The molecule has 0 aliphatic heterocycles. The molecule has 0 bridgehead atoms. The minimum absolute atomic E-state index is 0.0170. The summed E-state index contributed by atoms with van der Waals surface area (Å²) in [6, 6.07) is 3.99. The molecular formula is C14H20BrNO. The highest BCUT2D eigenvalue weighted by Crippen LogP contribution is 2.44. The van der Waals surface area contributed by atoms with Gasteiger partial charge in [-0.25, -0.2) is 0 Å². The number of rotatable bonds is 2. The Morgan fingerprint density at radius 1 is 1.29 bits per heavy atom. The first kappa shape index (κ1) is 12.9. The quantitative estimate of drug-likeness (QED) is 0.876. The second kappa shape index (κ2) is 4.99. The molecule has 0 heterocycles. The summed E-state index contributed by atoms with van der Waals surface area (Å²) in [6.07, 6.45) is 5.89. The average Bonchev–Trinajstić information content (AvgIpc) is 2.34. The minimum atomic E-state index is -0.0170. The third-order valence-corrected chi connectivity index (χ3v) is 4.50. The van der Waals surface area contributed by atoms with Gasteiger partial charge in [-0.15, -0.1) is 0 Å². The zero-order valence-electron chi connectivity index (χ0n) is 10.3. The van der Waals surface area contributed by atoms with Crippen molar-refractivity contribution in [1.82, 2.24) is 0 Å². The fourth-order valence-corrected chi connectivity index (χ4v) is 3.52. The van der Waals surface area contributed by atoms with Crippen molar-refractivity contribution in [2.45, 2.75) is 44.4 Å². The van der Waals surface area contributed by atoms with Crippen molar-refractivity contribution in [2.75, 3.05) is 6.54 Å². The van der Waals surface area contributed by atoms with Gasteiger partial charge in [0.1, 0.15) is 5.75 Å². The van der Waals surface area contributed by atoms with Gasteiger partial charge in [-0.3, -0.25) is 0 Å². The lowest BCUT2D eigenvalue weighted by atomic mass is 9.69. The Labute approximate surface area is 111 Å². The van der Waals surface area contributed by atoms with E-state index in [-0.39, 0.29) is 5.41 Å². The lowest BCUT2D eigenvalue weighted by molar-refractivity contribution is 0.290. The second-order valence-electron chi connectivity index (χ2n) is 5.16. The number of aromatic hydroxyl groups is 1. The van der Waals surface area contributed by atoms with Crippen LogP contribution in [0.2, 0.25) is 0 Å². The predicted molar refractivity (Wildman–Crippen MR) is 74.4 cm³/mol. The summed E-state index contributed by atoms with van der Waals surface area (Å²) in [5.74, 6) is 0.431. The highest BCUT2D eigenvalue weighted by atomic mass is 79.9. The van der Waals surface area contributed by atoms with Gasteiger partial charge in [0.25, 0.3) is 0 Å². The molecule has 2 nitrogen and oxygen atoms in total. The third-order valence-electron chi connectivity index (χ3n) is 4.04. The van der Waals surface area contributed by atoms with Crippen LogP contribution in [-0.2, 0) is 5.41 Å². The Morgan fingerprint density at radius 2 is 1.94 bits per heavy atom. The highest BCUT2D eigenvalue weighted by molar-refractivity contribution is 9.10. The zero-order chi connectivity index (χ0) is 12.5. The number of benzene rings is 1. The molecule has 1 saturated carbocycles. The molecular weight excluding hydrogens is 278 g/mol. The van der Waals surface area contributed by atoms with Crippen LogP contribution in [0.3, 0.4) is 0 Å². The Hall–Kier alpha value is -0.540. The van der Waals surface area contributed by atoms with E-state index in [2.05, 4.69) is 15.9 Å². The number of phenolic OH excluding ortho intramolecular Hbond substituents is 1. The van der Waals surface area contributed by atoms with Gasteiger partial charge >= 0.3 is 0 Å². The molecule has 1 aromatic carbocycles. The first-order valence-electron chi connectivity index (χ1n) is 6.29. The lowest BCUT2D eigenvalue weighted by Crippen LogP contribution is -2.37. The van der Waals surface area contributed by atoms with Crippen LogP contribution < -0.4 is 5.73 Å². The van der Waals surface area contributed by atoms with Gasteiger partial charge in [0.05, 0.1) is 0 Å². The van der Waals surface area contributed by atoms with E-state index in [9.17, 15) is 5.11 Å². The molecule has 94 valence electrons. The van der Waals surface area contributed by atoms with Crippen molar-refractivity contribution >= 4 is 15.9 Å². The number of phenols is 1. The monoisotopic (exact) mass is 297 g/mol. The molecule has 0 spiro atoms. The topological polar surface area (TPSA) is 46.2 Å². The maximum atomic E-state index is 10.3. The molecule has 1 aliphatic rings. The molecule has 0 amide bonds. The summed E-state index contributed by atoms with van der Waals surface area (Å²) in [5, 5.41) is 10.3. The first-order valence-corrected chi connectivity index (χ1v) is 7.08. The number of hydrogen-bond acceptors (Lipinski definition) is 2. The van der Waals surface area contributed by atoms with Crippen LogP contribution in [0.5, 0.6) is 5.75 Å². The van der Waals surface area contributed by atoms with Crippen molar-refractivity contribution in [3.63, 3.8) is 0 Å². The first-order chi connectivity index (χ1) is 8.09. The van der Waals surface area contributed by atoms with Crippen LogP contribution in [0.4, 0.5) is 0 Å². The van der Waals surface area contributed by atoms with Crippen molar-refractivity contribution in [2.24, 2.45) is 5.73 Å². The van der Waals surface area contributed by atoms with Crippen LogP contribution in [0.25, 0.3) is 0 Å². The molecule has 1 aliphatic carbocycles. The Morgan fingerprint density at radius 3 is 2.53 bits per heavy atom. The van der Waals surface area contributed by atoms with Crippen LogP contribution >= 0.6 is 15.9 Å². The smallest absolute Gasteiger partial charge is 0.122 e. The lowest BCUT2D eigenvalue weighted by Gasteiger charge is -2.37. The zero-order valence-corrected chi connectivity index (χ0v) is 11.9. The van der Waals surface area contributed by atoms with E-state index in [0.29, 0.717) is 12.3 Å². The van der Waals surface area contributed by atoms with Gasteiger partial charge in [-0.2, -0.15) is 0 Å². The molecule has 0 radical (unpaired) electrons. The fraction of sp³-hybridized carbons (Fsp3) is 0.571. The van der Waals surface area contributed by atoms with Crippen molar-refractivity contribution in [3.8, 4) is 5.75 Å². The molecule has 0 aromatic heterocycles. The summed E-state index contributed by atoms with van der Waals surface area (Å²) < 4.78 is 1.03. The van der Waals surface area contributed by atoms with Crippen molar-refractivity contribution in [3.05, 3.63) is 27.7 Å². The van der Waals surface area contributed by atoms with Crippen molar-refractivity contribution < 1.29 is 5.11 Å². The standard InChI is InChI=1S/C14H20BrNO/c1-10-7-11(15)8-12(13(10)17)14(9-16)5-3-2-4-6-14/h7-8,17H,2-6,9,16H2,1H3. The highest BCUT2D eigenvalue weighted by Gasteiger charge is 2.35. The van der Waals surface area contributed by atoms with E-state index in [1.807, 2.05) is 19.1 Å². The summed E-state index contributed by atoms with van der Waals surface area (Å²) in [5.41, 5.74) is 7.95. The van der Waals surface area contributed by atoms with Crippen molar-refractivity contribution in [1.29, 1.82) is 0 Å². The van der Waals surface area contributed by atoms with Crippen LogP contribution in [0.15, 0.2) is 16.6 Å². The van der Waals surface area contributed by atoms with Crippen LogP contribution in [0, 0.1) is 6.92 Å². The van der Waals surface area contributed by atoms with Gasteiger partial charge in [0, 0.05) is 22.0 Å². The van der Waals surface area contributed by atoms with Crippen LogP contribution in [-0.4, -0.2) is 11.7 Å². The molecule has 0 unspecified atom stereocenters. The molecule has 3 N–H and O–H groups in total. The molecule has 0 saturated heterocycles. The molecule has 1 fully saturated rings. The van der Waals surface area contributed by atoms with E-state index in [4.69, 9.17) is 5.73 Å². The van der Waals surface area contributed by atoms with E-state index < -0.39 is 0 Å². The Bertz CT molecular complexity index is 411. The maximum Gasteiger partial charge on any atom is 0.122 e. The fourth-order valence-electron chi connectivity index (χ4n) is 2.95. The Balaban J connectivity index is 2.49. The summed E-state index contributed by atoms with van der Waals surface area (Å²) >= 11 is 3.52. The van der Waals surface area contributed by atoms with Gasteiger partial charge in [-0.1, -0.05) is 35.2 Å². The second-order valence-corrected chi connectivity index (χ2v) is 6.08. The predicted octanol–water partition coefficient (Wildman–Crippen LogP) is 3.62. The molecule has 17 heavy (non-hydrogen) atoms. The van der Waals surface area contributed by atoms with Crippen LogP contribution in [0.1, 0.15) is 43.2 Å². The third kappa shape index (κ3) is 2.36. The van der Waals surface area contributed by atoms with E-state index in [0.717, 1.165) is 28.4 Å². The largest absolute Gasteiger partial charge is 0.507 e. The summed E-state index contributed by atoms with van der Waals surface area (Å²) in [6.45, 7) is 2.56.